The lowest BCUT2D eigenvalue weighted by atomic mass is 9.44. The van der Waals surface area contributed by atoms with Gasteiger partial charge in [-0.15, -0.1) is 0 Å². The molecule has 6 aliphatic rings. The van der Waals surface area contributed by atoms with Crippen LogP contribution in [-0.2, 0) is 28.5 Å². The van der Waals surface area contributed by atoms with Gasteiger partial charge in [-0.25, -0.2) is 0 Å². The summed E-state index contributed by atoms with van der Waals surface area (Å²) in [5.41, 5.74) is -0.322. The predicted molar refractivity (Wildman–Crippen MR) is 115 cm³/mol. The van der Waals surface area contributed by atoms with Crippen LogP contribution in [0.5, 0.6) is 0 Å². The van der Waals surface area contributed by atoms with Gasteiger partial charge in [-0.1, -0.05) is 20.8 Å². The molecule has 11 atom stereocenters. The maximum Gasteiger partial charge on any atom is 0.305 e. The molecular weight excluding hydrogens is 408 g/mol. The van der Waals surface area contributed by atoms with Gasteiger partial charge in [-0.2, -0.15) is 0 Å². The average Bonchev–Trinajstić information content (AvgIpc) is 3.52. The molecule has 178 valence electrons. The zero-order valence-electron chi connectivity index (χ0n) is 20.4. The van der Waals surface area contributed by atoms with Gasteiger partial charge in [0.25, 0.3) is 0 Å². The molecule has 2 aliphatic heterocycles. The summed E-state index contributed by atoms with van der Waals surface area (Å²) in [4.78, 5) is 23.4. The van der Waals surface area contributed by atoms with Crippen molar-refractivity contribution in [3.8, 4) is 0 Å². The molecule has 6 nitrogen and oxygen atoms in total. The van der Waals surface area contributed by atoms with E-state index >= 15 is 0 Å². The smallest absolute Gasteiger partial charge is 0.305 e. The molecule has 0 bridgehead atoms. The molecule has 4 aliphatic carbocycles. The molecule has 32 heavy (non-hydrogen) atoms. The minimum atomic E-state index is -0.797. The number of carbonyl (C=O) groups is 2. The van der Waals surface area contributed by atoms with E-state index in [0.29, 0.717) is 23.7 Å². The Morgan fingerprint density at radius 2 is 1.66 bits per heavy atom. The molecule has 0 unspecified atom stereocenters. The minimum Gasteiger partial charge on any atom is -0.462 e. The van der Waals surface area contributed by atoms with Gasteiger partial charge in [0, 0.05) is 38.0 Å². The number of hydrogen-bond donors (Lipinski definition) is 0. The Balaban J connectivity index is 1.29. The molecule has 0 radical (unpaired) electrons. The highest BCUT2D eigenvalue weighted by molar-refractivity contribution is 5.67. The third-order valence-corrected chi connectivity index (χ3v) is 11.2. The normalized spacial score (nSPS) is 59.3. The number of epoxide rings is 2. The first-order chi connectivity index (χ1) is 14.9. The van der Waals surface area contributed by atoms with Crippen molar-refractivity contribution in [2.24, 2.45) is 34.5 Å². The number of fused-ring (bicyclic) bond motifs is 5. The van der Waals surface area contributed by atoms with E-state index in [0.717, 1.165) is 44.9 Å². The number of esters is 2. The van der Waals surface area contributed by atoms with E-state index in [4.69, 9.17) is 18.9 Å². The van der Waals surface area contributed by atoms with Crippen LogP contribution in [0.25, 0.3) is 0 Å². The number of rotatable bonds is 2. The first-order valence-corrected chi connectivity index (χ1v) is 12.7. The van der Waals surface area contributed by atoms with E-state index in [2.05, 4.69) is 20.8 Å². The Labute approximate surface area is 191 Å². The zero-order chi connectivity index (χ0) is 22.9. The Bertz CT molecular complexity index is 888. The molecule has 2 saturated heterocycles. The summed E-state index contributed by atoms with van der Waals surface area (Å²) in [6.07, 6.45) is 7.62. The standard InChI is InChI=1S/C26H38O6/c1-14-11-20-18-12-21-25(31-21)13-17(29-15(2)27)7-9-22(25,4)19(18)8-10-23(20,5)26(14)24(6,32-26)30-16(3)28/h14,17-21H,7-13H2,1-6H3/t14-,17+,18-,19+,20+,21+,22-,23+,24+,25+,26+/m1/s1. The number of carbonyl (C=O) groups excluding carboxylic acids is 2. The fourth-order valence-corrected chi connectivity index (χ4v) is 10.1. The lowest BCUT2D eigenvalue weighted by Crippen LogP contribution is -2.59. The minimum absolute atomic E-state index is 0.00458. The van der Waals surface area contributed by atoms with Crippen LogP contribution in [0.4, 0.5) is 0 Å². The largest absolute Gasteiger partial charge is 0.462 e. The highest BCUT2D eigenvalue weighted by atomic mass is 16.8. The third-order valence-electron chi connectivity index (χ3n) is 11.2. The van der Waals surface area contributed by atoms with Crippen LogP contribution < -0.4 is 0 Å². The van der Waals surface area contributed by atoms with Crippen molar-refractivity contribution in [1.29, 1.82) is 0 Å². The molecular formula is C26H38O6. The van der Waals surface area contributed by atoms with Crippen LogP contribution in [0.1, 0.15) is 86.5 Å². The molecule has 6 fully saturated rings. The maximum atomic E-state index is 11.8. The summed E-state index contributed by atoms with van der Waals surface area (Å²) >= 11 is 0. The maximum absolute atomic E-state index is 11.8. The molecule has 0 aromatic rings. The summed E-state index contributed by atoms with van der Waals surface area (Å²) in [5, 5.41) is 0. The summed E-state index contributed by atoms with van der Waals surface area (Å²) < 4.78 is 24.4. The van der Waals surface area contributed by atoms with Crippen LogP contribution in [0.2, 0.25) is 0 Å². The van der Waals surface area contributed by atoms with Gasteiger partial charge in [-0.3, -0.25) is 9.59 Å². The highest BCUT2D eigenvalue weighted by Crippen LogP contribution is 2.79. The molecule has 2 heterocycles. The summed E-state index contributed by atoms with van der Waals surface area (Å²) in [5.74, 6) is 0.910. The van der Waals surface area contributed by atoms with Crippen LogP contribution in [-0.4, -0.2) is 41.1 Å². The SMILES string of the molecule is CC(=O)O[C@H]1CC[C@]2(C)[C@H]3CC[C@@]4(C)[C@@H](C[C@@H](C)[C@]45O[C@]5(C)OC(C)=O)[C@@H]3C[C@@H]3O[C@@]32C1. The second-order valence-corrected chi connectivity index (χ2v) is 12.5. The van der Waals surface area contributed by atoms with Crippen molar-refractivity contribution in [3.63, 3.8) is 0 Å². The Morgan fingerprint density at radius 3 is 2.34 bits per heavy atom. The molecule has 0 aromatic heterocycles. The van der Waals surface area contributed by atoms with Crippen molar-refractivity contribution in [3.05, 3.63) is 0 Å². The first kappa shape index (κ1) is 21.4. The quantitative estimate of drug-likeness (QED) is 0.463. The van der Waals surface area contributed by atoms with E-state index in [-0.39, 0.29) is 46.2 Å². The summed E-state index contributed by atoms with van der Waals surface area (Å²) in [6, 6.07) is 0. The van der Waals surface area contributed by atoms with Gasteiger partial charge < -0.3 is 18.9 Å². The first-order valence-electron chi connectivity index (χ1n) is 12.7. The van der Waals surface area contributed by atoms with Crippen LogP contribution in [0, 0.1) is 34.5 Å². The topological polar surface area (TPSA) is 77.7 Å². The number of ether oxygens (including phenoxy) is 4. The van der Waals surface area contributed by atoms with Crippen molar-refractivity contribution in [1.82, 2.24) is 0 Å². The van der Waals surface area contributed by atoms with Crippen LogP contribution in [0.15, 0.2) is 0 Å². The fraction of sp³-hybridized carbons (Fsp3) is 0.923. The Kier molecular flexibility index (Phi) is 4.08. The van der Waals surface area contributed by atoms with Crippen LogP contribution >= 0.6 is 0 Å². The second kappa shape index (κ2) is 6.10. The molecule has 4 saturated carbocycles. The fourth-order valence-electron chi connectivity index (χ4n) is 10.1. The van der Waals surface area contributed by atoms with E-state index in [1.807, 2.05) is 6.92 Å². The third kappa shape index (κ3) is 2.29. The summed E-state index contributed by atoms with van der Waals surface area (Å²) in [6.45, 7) is 12.1. The molecule has 6 heteroatoms. The summed E-state index contributed by atoms with van der Waals surface area (Å²) in [7, 11) is 0. The van der Waals surface area contributed by atoms with E-state index in [1.54, 1.807) is 0 Å². The van der Waals surface area contributed by atoms with E-state index in [1.165, 1.54) is 13.8 Å². The van der Waals surface area contributed by atoms with Crippen molar-refractivity contribution in [2.75, 3.05) is 0 Å². The molecule has 0 amide bonds. The Morgan fingerprint density at radius 1 is 0.938 bits per heavy atom. The van der Waals surface area contributed by atoms with Gasteiger partial charge in [-0.05, 0) is 62.2 Å². The van der Waals surface area contributed by atoms with Gasteiger partial charge in [0.05, 0.1) is 6.10 Å². The molecule has 0 aromatic carbocycles. The second-order valence-electron chi connectivity index (χ2n) is 12.5. The lowest BCUT2D eigenvalue weighted by Gasteiger charge is -2.59. The average molecular weight is 447 g/mol. The number of hydrogen-bond acceptors (Lipinski definition) is 6. The van der Waals surface area contributed by atoms with Gasteiger partial charge in [0.2, 0.25) is 5.79 Å². The predicted octanol–water partition coefficient (Wildman–Crippen LogP) is 4.39. The lowest BCUT2D eigenvalue weighted by molar-refractivity contribution is -0.159. The molecule has 0 N–H and O–H groups in total. The van der Waals surface area contributed by atoms with Gasteiger partial charge in [0.1, 0.15) is 17.3 Å². The van der Waals surface area contributed by atoms with Crippen molar-refractivity contribution >= 4 is 11.9 Å². The van der Waals surface area contributed by atoms with Gasteiger partial charge >= 0.3 is 11.9 Å². The van der Waals surface area contributed by atoms with Crippen molar-refractivity contribution in [2.45, 2.75) is 116 Å². The van der Waals surface area contributed by atoms with Gasteiger partial charge in [0.15, 0.2) is 0 Å². The monoisotopic (exact) mass is 446 g/mol. The zero-order valence-corrected chi connectivity index (χ0v) is 20.4. The molecule has 6 rings (SSSR count). The van der Waals surface area contributed by atoms with Crippen molar-refractivity contribution < 1.29 is 28.5 Å². The highest BCUT2D eigenvalue weighted by Gasteiger charge is 2.86. The molecule has 2 spiro atoms. The van der Waals surface area contributed by atoms with Crippen LogP contribution in [0.3, 0.4) is 0 Å². The van der Waals surface area contributed by atoms with E-state index in [9.17, 15) is 9.59 Å². The van der Waals surface area contributed by atoms with E-state index < -0.39 is 5.79 Å². The Hall–Kier alpha value is -1.14.